The fourth-order valence-electron chi connectivity index (χ4n) is 0.587. The summed E-state index contributed by atoms with van der Waals surface area (Å²) in [4.78, 5) is 1.84. The molecule has 0 bridgehead atoms. The monoisotopic (exact) mass is 155 g/mol. The van der Waals surface area contributed by atoms with Crippen LogP contribution in [0, 0.1) is 0 Å². The molecule has 0 amide bonds. The van der Waals surface area contributed by atoms with Crippen LogP contribution in [-0.4, -0.2) is 33.9 Å². The first-order chi connectivity index (χ1) is 4.72. The molecule has 0 atom stereocenters. The molecule has 0 aliphatic heterocycles. The standard InChI is InChI=1S/C6H9N3S/c1-8(2)6(10)9-5-3-4-7-9/h3-5H,1-2H3. The van der Waals surface area contributed by atoms with Gasteiger partial charge in [0, 0.05) is 26.5 Å². The van der Waals surface area contributed by atoms with Crippen molar-refractivity contribution in [2.45, 2.75) is 0 Å². The third-order valence-corrected chi connectivity index (χ3v) is 1.64. The van der Waals surface area contributed by atoms with Gasteiger partial charge in [0.2, 0.25) is 0 Å². The fraction of sp³-hybridized carbons (Fsp3) is 0.333. The second-order valence-corrected chi connectivity index (χ2v) is 2.49. The molecule has 0 unspecified atom stereocenters. The van der Waals surface area contributed by atoms with Crippen molar-refractivity contribution in [3.05, 3.63) is 18.5 Å². The lowest BCUT2D eigenvalue weighted by Crippen LogP contribution is -2.27. The first-order valence-electron chi connectivity index (χ1n) is 2.93. The normalized spacial score (nSPS) is 9.40. The number of hydrogen-bond donors (Lipinski definition) is 0. The van der Waals surface area contributed by atoms with E-state index < -0.39 is 0 Å². The highest BCUT2D eigenvalue weighted by molar-refractivity contribution is 7.80. The minimum absolute atomic E-state index is 0.699. The minimum atomic E-state index is 0.699. The molecule has 1 rings (SSSR count). The first-order valence-corrected chi connectivity index (χ1v) is 3.34. The topological polar surface area (TPSA) is 21.1 Å². The second-order valence-electron chi connectivity index (χ2n) is 2.13. The van der Waals surface area contributed by atoms with Crippen LogP contribution in [0.25, 0.3) is 0 Å². The summed E-state index contributed by atoms with van der Waals surface area (Å²) < 4.78 is 1.65. The summed E-state index contributed by atoms with van der Waals surface area (Å²) in [5.41, 5.74) is 0. The van der Waals surface area contributed by atoms with Gasteiger partial charge in [-0.05, 0) is 18.3 Å². The zero-order valence-electron chi connectivity index (χ0n) is 5.98. The maximum atomic E-state index is 5.02. The lowest BCUT2D eigenvalue weighted by atomic mass is 10.7. The number of aromatic nitrogens is 2. The van der Waals surface area contributed by atoms with Crippen molar-refractivity contribution in [3.63, 3.8) is 0 Å². The molecule has 10 heavy (non-hydrogen) atoms. The summed E-state index contributed by atoms with van der Waals surface area (Å²) in [6.07, 6.45) is 3.53. The Kier molecular flexibility index (Phi) is 2.01. The Bertz CT molecular complexity index is 215. The maximum Gasteiger partial charge on any atom is 0.196 e. The van der Waals surface area contributed by atoms with Gasteiger partial charge in [-0.1, -0.05) is 0 Å². The van der Waals surface area contributed by atoms with E-state index in [-0.39, 0.29) is 0 Å². The van der Waals surface area contributed by atoms with Gasteiger partial charge in [0.15, 0.2) is 5.11 Å². The van der Waals surface area contributed by atoms with E-state index in [1.807, 2.05) is 31.3 Å². The molecule has 0 aliphatic carbocycles. The molecular formula is C6H9N3S. The average molecular weight is 155 g/mol. The molecule has 0 saturated carbocycles. The Balaban J connectivity index is 2.78. The summed E-state index contributed by atoms with van der Waals surface area (Å²) in [6.45, 7) is 0. The van der Waals surface area contributed by atoms with Crippen molar-refractivity contribution in [3.8, 4) is 0 Å². The van der Waals surface area contributed by atoms with Crippen molar-refractivity contribution in [1.82, 2.24) is 14.7 Å². The van der Waals surface area contributed by atoms with Crippen LogP contribution in [-0.2, 0) is 0 Å². The zero-order chi connectivity index (χ0) is 7.56. The van der Waals surface area contributed by atoms with Crippen molar-refractivity contribution >= 4 is 17.3 Å². The highest BCUT2D eigenvalue weighted by Gasteiger charge is 1.98. The summed E-state index contributed by atoms with van der Waals surface area (Å²) >= 11 is 5.02. The Labute approximate surface area is 65.3 Å². The molecule has 0 radical (unpaired) electrons. The summed E-state index contributed by atoms with van der Waals surface area (Å²) in [5.74, 6) is 0. The predicted molar refractivity (Wildman–Crippen MR) is 43.9 cm³/mol. The van der Waals surface area contributed by atoms with Crippen molar-refractivity contribution < 1.29 is 0 Å². The van der Waals surface area contributed by atoms with Crippen LogP contribution in [0.1, 0.15) is 0 Å². The van der Waals surface area contributed by atoms with E-state index >= 15 is 0 Å². The van der Waals surface area contributed by atoms with E-state index in [9.17, 15) is 0 Å². The Morgan fingerprint density at radius 3 is 2.70 bits per heavy atom. The van der Waals surface area contributed by atoms with Crippen LogP contribution >= 0.6 is 12.2 Å². The quantitative estimate of drug-likeness (QED) is 0.511. The van der Waals surface area contributed by atoms with E-state index in [0.717, 1.165) is 0 Å². The highest BCUT2D eigenvalue weighted by Crippen LogP contribution is 1.88. The molecule has 0 spiro atoms. The van der Waals surface area contributed by atoms with E-state index in [1.54, 1.807) is 10.9 Å². The molecule has 4 heteroatoms. The van der Waals surface area contributed by atoms with Gasteiger partial charge in [-0.25, -0.2) is 4.68 Å². The van der Waals surface area contributed by atoms with Gasteiger partial charge in [-0.2, -0.15) is 5.10 Å². The Morgan fingerprint density at radius 2 is 2.30 bits per heavy atom. The molecule has 0 fully saturated rings. The van der Waals surface area contributed by atoms with E-state index in [4.69, 9.17) is 12.2 Å². The van der Waals surface area contributed by atoms with Gasteiger partial charge in [-0.3, -0.25) is 0 Å². The summed E-state index contributed by atoms with van der Waals surface area (Å²) in [7, 11) is 3.79. The van der Waals surface area contributed by atoms with Crippen LogP contribution in [0.15, 0.2) is 18.5 Å². The van der Waals surface area contributed by atoms with Crippen LogP contribution in [0.2, 0.25) is 0 Å². The fourth-order valence-corrected chi connectivity index (χ4v) is 0.695. The molecule has 0 N–H and O–H groups in total. The van der Waals surface area contributed by atoms with Gasteiger partial charge in [-0.15, -0.1) is 0 Å². The van der Waals surface area contributed by atoms with Crippen molar-refractivity contribution in [1.29, 1.82) is 0 Å². The van der Waals surface area contributed by atoms with Gasteiger partial charge in [0.25, 0.3) is 0 Å². The number of hydrogen-bond acceptors (Lipinski definition) is 2. The van der Waals surface area contributed by atoms with Gasteiger partial charge < -0.3 is 4.90 Å². The lowest BCUT2D eigenvalue weighted by Gasteiger charge is -2.12. The Morgan fingerprint density at radius 1 is 1.60 bits per heavy atom. The molecule has 1 aromatic heterocycles. The van der Waals surface area contributed by atoms with E-state index in [1.165, 1.54) is 0 Å². The van der Waals surface area contributed by atoms with Crippen molar-refractivity contribution in [2.24, 2.45) is 0 Å². The highest BCUT2D eigenvalue weighted by atomic mass is 32.1. The molecule has 1 heterocycles. The van der Waals surface area contributed by atoms with E-state index in [2.05, 4.69) is 5.10 Å². The zero-order valence-corrected chi connectivity index (χ0v) is 6.80. The number of thiocarbonyl (C=S) groups is 1. The molecule has 0 aromatic carbocycles. The van der Waals surface area contributed by atoms with Gasteiger partial charge in [0.1, 0.15) is 0 Å². The third-order valence-electron chi connectivity index (χ3n) is 1.08. The molecule has 3 nitrogen and oxygen atoms in total. The average Bonchev–Trinajstić information content (AvgIpc) is 2.36. The molecular weight excluding hydrogens is 146 g/mol. The van der Waals surface area contributed by atoms with Crippen LogP contribution in [0.3, 0.4) is 0 Å². The maximum absolute atomic E-state index is 5.02. The molecule has 1 aromatic rings. The third kappa shape index (κ3) is 1.33. The van der Waals surface area contributed by atoms with Gasteiger partial charge in [0.05, 0.1) is 0 Å². The summed E-state index contributed by atoms with van der Waals surface area (Å²) in [5, 5.41) is 4.67. The van der Waals surface area contributed by atoms with Crippen LogP contribution < -0.4 is 0 Å². The molecule has 0 saturated heterocycles. The number of nitrogens with zero attached hydrogens (tertiary/aromatic N) is 3. The molecule has 0 aliphatic rings. The van der Waals surface area contributed by atoms with E-state index in [0.29, 0.717) is 5.11 Å². The Hall–Kier alpha value is -0.900. The lowest BCUT2D eigenvalue weighted by molar-refractivity contribution is 0.598. The number of rotatable bonds is 0. The SMILES string of the molecule is CN(C)C(=S)n1cccn1. The van der Waals surface area contributed by atoms with Gasteiger partial charge >= 0.3 is 0 Å². The van der Waals surface area contributed by atoms with Crippen LogP contribution in [0.4, 0.5) is 0 Å². The largest absolute Gasteiger partial charge is 0.354 e. The van der Waals surface area contributed by atoms with Crippen LogP contribution in [0.5, 0.6) is 0 Å². The second kappa shape index (κ2) is 2.79. The predicted octanol–water partition coefficient (Wildman–Crippen LogP) is 0.578. The smallest absolute Gasteiger partial charge is 0.196 e. The van der Waals surface area contributed by atoms with Crippen molar-refractivity contribution in [2.75, 3.05) is 14.1 Å². The summed E-state index contributed by atoms with van der Waals surface area (Å²) in [6, 6.07) is 1.84. The first kappa shape index (κ1) is 7.21. The minimum Gasteiger partial charge on any atom is -0.354 e. The molecule has 54 valence electrons.